The van der Waals surface area contributed by atoms with Crippen LogP contribution in [0.15, 0.2) is 24.3 Å². The number of nitrogens with one attached hydrogen (secondary N) is 1. The maximum atomic E-state index is 12.0. The standard InChI is InChI=1S/C18H25N3O/c19-15-16-8-7-9-17(14-16)18(22)20-10-3-6-13-21-11-4-1-2-5-12-21/h7-9,14H,1-6,10-13H2,(H,20,22). The smallest absolute Gasteiger partial charge is 0.251 e. The molecule has 0 radical (unpaired) electrons. The first-order valence-corrected chi connectivity index (χ1v) is 8.30. The van der Waals surface area contributed by atoms with Crippen molar-refractivity contribution < 1.29 is 4.79 Å². The van der Waals surface area contributed by atoms with E-state index in [0.717, 1.165) is 19.4 Å². The third-order valence-corrected chi connectivity index (χ3v) is 4.14. The Hall–Kier alpha value is -1.86. The van der Waals surface area contributed by atoms with Crippen molar-refractivity contribution in [3.05, 3.63) is 35.4 Å². The fourth-order valence-corrected chi connectivity index (χ4v) is 2.85. The van der Waals surface area contributed by atoms with Crippen LogP contribution in [0.4, 0.5) is 0 Å². The first-order valence-electron chi connectivity index (χ1n) is 8.30. The molecule has 1 aromatic carbocycles. The number of likely N-dealkylation sites (tertiary alicyclic amines) is 1. The number of unbranched alkanes of at least 4 members (excludes halogenated alkanes) is 1. The number of rotatable bonds is 6. The van der Waals surface area contributed by atoms with Crippen LogP contribution in [-0.2, 0) is 0 Å². The van der Waals surface area contributed by atoms with Crippen LogP contribution in [0.1, 0.15) is 54.4 Å². The molecule has 4 nitrogen and oxygen atoms in total. The van der Waals surface area contributed by atoms with E-state index in [0.29, 0.717) is 17.7 Å². The minimum Gasteiger partial charge on any atom is -0.352 e. The van der Waals surface area contributed by atoms with E-state index in [4.69, 9.17) is 5.26 Å². The molecular formula is C18H25N3O. The predicted molar refractivity (Wildman–Crippen MR) is 87.6 cm³/mol. The zero-order chi connectivity index (χ0) is 15.6. The molecule has 0 bridgehead atoms. The molecule has 22 heavy (non-hydrogen) atoms. The van der Waals surface area contributed by atoms with Gasteiger partial charge in [0.25, 0.3) is 5.91 Å². The van der Waals surface area contributed by atoms with Gasteiger partial charge in [-0.3, -0.25) is 4.79 Å². The molecule has 118 valence electrons. The van der Waals surface area contributed by atoms with Crippen molar-refractivity contribution in [3.63, 3.8) is 0 Å². The zero-order valence-corrected chi connectivity index (χ0v) is 13.2. The summed E-state index contributed by atoms with van der Waals surface area (Å²) in [5.74, 6) is -0.0909. The molecule has 0 aromatic heterocycles. The van der Waals surface area contributed by atoms with E-state index in [2.05, 4.69) is 16.3 Å². The van der Waals surface area contributed by atoms with Crippen molar-refractivity contribution in [3.8, 4) is 6.07 Å². The van der Waals surface area contributed by atoms with E-state index in [1.807, 2.05) is 0 Å². The van der Waals surface area contributed by atoms with E-state index in [9.17, 15) is 4.79 Å². The summed E-state index contributed by atoms with van der Waals surface area (Å²) in [7, 11) is 0. The lowest BCUT2D eigenvalue weighted by Crippen LogP contribution is -2.28. The van der Waals surface area contributed by atoms with Crippen LogP contribution in [0.2, 0.25) is 0 Å². The van der Waals surface area contributed by atoms with E-state index in [-0.39, 0.29) is 5.91 Å². The van der Waals surface area contributed by atoms with E-state index in [1.54, 1.807) is 24.3 Å². The van der Waals surface area contributed by atoms with Crippen LogP contribution in [0.25, 0.3) is 0 Å². The van der Waals surface area contributed by atoms with Gasteiger partial charge in [0.05, 0.1) is 11.6 Å². The summed E-state index contributed by atoms with van der Waals surface area (Å²) in [6.45, 7) is 4.30. The van der Waals surface area contributed by atoms with E-state index >= 15 is 0 Å². The number of carbonyl (C=O) groups excluding carboxylic acids is 1. The second-order valence-electron chi connectivity index (χ2n) is 5.91. The summed E-state index contributed by atoms with van der Waals surface area (Å²) < 4.78 is 0. The van der Waals surface area contributed by atoms with Gasteiger partial charge in [-0.25, -0.2) is 0 Å². The summed E-state index contributed by atoms with van der Waals surface area (Å²) in [6, 6.07) is 8.88. The molecule has 0 aliphatic carbocycles. The van der Waals surface area contributed by atoms with Crippen molar-refractivity contribution in [2.75, 3.05) is 26.2 Å². The minimum atomic E-state index is -0.0909. The van der Waals surface area contributed by atoms with Gasteiger partial charge in [0.1, 0.15) is 0 Å². The molecule has 1 aliphatic rings. The highest BCUT2D eigenvalue weighted by Gasteiger charge is 2.08. The fraction of sp³-hybridized carbons (Fsp3) is 0.556. The summed E-state index contributed by atoms with van der Waals surface area (Å²) in [5, 5.41) is 11.8. The molecule has 1 fully saturated rings. The first kappa shape index (κ1) is 16.5. The average molecular weight is 299 g/mol. The van der Waals surface area contributed by atoms with Crippen LogP contribution in [0.5, 0.6) is 0 Å². The normalized spacial score (nSPS) is 15.8. The van der Waals surface area contributed by atoms with Gasteiger partial charge in [0.15, 0.2) is 0 Å². The van der Waals surface area contributed by atoms with Crippen molar-refractivity contribution in [1.29, 1.82) is 5.26 Å². The van der Waals surface area contributed by atoms with Gasteiger partial charge in [-0.2, -0.15) is 5.26 Å². The molecular weight excluding hydrogens is 274 g/mol. The fourth-order valence-electron chi connectivity index (χ4n) is 2.85. The van der Waals surface area contributed by atoms with Crippen LogP contribution >= 0.6 is 0 Å². The van der Waals surface area contributed by atoms with Crippen molar-refractivity contribution in [1.82, 2.24) is 10.2 Å². The molecule has 2 rings (SSSR count). The number of nitriles is 1. The number of benzene rings is 1. The van der Waals surface area contributed by atoms with Gasteiger partial charge in [-0.15, -0.1) is 0 Å². The van der Waals surface area contributed by atoms with Crippen LogP contribution < -0.4 is 5.32 Å². The molecule has 1 saturated heterocycles. The summed E-state index contributed by atoms with van der Waals surface area (Å²) in [6.07, 6.45) is 7.51. The summed E-state index contributed by atoms with van der Waals surface area (Å²) in [4.78, 5) is 14.5. The summed E-state index contributed by atoms with van der Waals surface area (Å²) in [5.41, 5.74) is 1.08. The van der Waals surface area contributed by atoms with Crippen LogP contribution in [0.3, 0.4) is 0 Å². The van der Waals surface area contributed by atoms with E-state index < -0.39 is 0 Å². The van der Waals surface area contributed by atoms with Gasteiger partial charge < -0.3 is 10.2 Å². The molecule has 0 unspecified atom stereocenters. The van der Waals surface area contributed by atoms with Gasteiger partial charge in [-0.05, 0) is 63.5 Å². The van der Waals surface area contributed by atoms with Gasteiger partial charge in [-0.1, -0.05) is 18.9 Å². The highest BCUT2D eigenvalue weighted by molar-refractivity contribution is 5.94. The Morgan fingerprint density at radius 3 is 2.68 bits per heavy atom. The molecule has 1 amide bonds. The molecule has 0 saturated carbocycles. The molecule has 1 aliphatic heterocycles. The Balaban J connectivity index is 1.63. The number of amides is 1. The highest BCUT2D eigenvalue weighted by Crippen LogP contribution is 2.10. The van der Waals surface area contributed by atoms with Gasteiger partial charge >= 0.3 is 0 Å². The van der Waals surface area contributed by atoms with Crippen LogP contribution in [0, 0.1) is 11.3 Å². The number of hydrogen-bond acceptors (Lipinski definition) is 3. The lowest BCUT2D eigenvalue weighted by atomic mass is 10.1. The predicted octanol–water partition coefficient (Wildman–Crippen LogP) is 2.94. The Morgan fingerprint density at radius 2 is 1.95 bits per heavy atom. The average Bonchev–Trinajstić information content (AvgIpc) is 2.83. The van der Waals surface area contributed by atoms with Crippen molar-refractivity contribution in [2.24, 2.45) is 0 Å². The summed E-state index contributed by atoms with van der Waals surface area (Å²) >= 11 is 0. The Kier molecular flexibility index (Phi) is 6.92. The Morgan fingerprint density at radius 1 is 1.18 bits per heavy atom. The zero-order valence-electron chi connectivity index (χ0n) is 13.2. The molecule has 1 aromatic rings. The second-order valence-corrected chi connectivity index (χ2v) is 5.91. The lowest BCUT2D eigenvalue weighted by Gasteiger charge is -2.19. The van der Waals surface area contributed by atoms with E-state index in [1.165, 1.54) is 38.8 Å². The van der Waals surface area contributed by atoms with Crippen molar-refractivity contribution in [2.45, 2.75) is 38.5 Å². The Labute approximate surface area is 133 Å². The van der Waals surface area contributed by atoms with Crippen LogP contribution in [-0.4, -0.2) is 37.0 Å². The lowest BCUT2D eigenvalue weighted by molar-refractivity contribution is 0.0952. The molecule has 0 atom stereocenters. The number of carbonyl (C=O) groups is 1. The first-order chi connectivity index (χ1) is 10.8. The maximum Gasteiger partial charge on any atom is 0.251 e. The number of nitrogens with zero attached hydrogens (tertiary/aromatic N) is 2. The number of hydrogen-bond donors (Lipinski definition) is 1. The van der Waals surface area contributed by atoms with Gasteiger partial charge in [0.2, 0.25) is 0 Å². The molecule has 4 heteroatoms. The molecule has 1 heterocycles. The third kappa shape index (κ3) is 5.50. The molecule has 0 spiro atoms. The maximum absolute atomic E-state index is 12.0. The topological polar surface area (TPSA) is 56.1 Å². The SMILES string of the molecule is N#Cc1cccc(C(=O)NCCCCN2CCCCCC2)c1. The monoisotopic (exact) mass is 299 g/mol. The van der Waals surface area contributed by atoms with Gasteiger partial charge in [0, 0.05) is 12.1 Å². The molecule has 1 N–H and O–H groups in total. The largest absolute Gasteiger partial charge is 0.352 e. The Bertz CT molecular complexity index is 513. The quantitative estimate of drug-likeness (QED) is 0.822. The van der Waals surface area contributed by atoms with Crippen molar-refractivity contribution >= 4 is 5.91 Å². The third-order valence-electron chi connectivity index (χ3n) is 4.14. The second kappa shape index (κ2) is 9.22. The minimum absolute atomic E-state index is 0.0909. The highest BCUT2D eigenvalue weighted by atomic mass is 16.1.